The van der Waals surface area contributed by atoms with Crippen molar-refractivity contribution in [1.82, 2.24) is 5.32 Å². The number of hydrogen-bond donors (Lipinski definition) is 2. The maximum Gasteiger partial charge on any atom is 0.228 e. The first kappa shape index (κ1) is 16.7. The molecule has 2 N–H and O–H groups in total. The number of hydrogen-bond acceptors (Lipinski definition) is 3. The molecule has 0 unspecified atom stereocenters. The van der Waals surface area contributed by atoms with E-state index in [1.165, 1.54) is 0 Å². The molecule has 0 bridgehead atoms. The molecule has 20 heavy (non-hydrogen) atoms. The zero-order chi connectivity index (χ0) is 13.5. The van der Waals surface area contributed by atoms with E-state index < -0.39 is 0 Å². The number of anilines is 1. The van der Waals surface area contributed by atoms with E-state index in [9.17, 15) is 4.79 Å². The van der Waals surface area contributed by atoms with Crippen LogP contribution in [0.4, 0.5) is 5.69 Å². The summed E-state index contributed by atoms with van der Waals surface area (Å²) in [4.78, 5) is 12.0. The van der Waals surface area contributed by atoms with Crippen molar-refractivity contribution in [2.24, 2.45) is 0 Å². The molecule has 3 nitrogen and oxygen atoms in total. The molecule has 0 saturated carbocycles. The third-order valence-electron chi connectivity index (χ3n) is 2.80. The summed E-state index contributed by atoms with van der Waals surface area (Å²) in [6.45, 7) is 3.75. The Balaban J connectivity index is 0.00000200. The van der Waals surface area contributed by atoms with Crippen LogP contribution in [0.25, 0.3) is 0 Å². The molecule has 0 saturated heterocycles. The first-order valence-corrected chi connectivity index (χ1v) is 7.33. The van der Waals surface area contributed by atoms with Gasteiger partial charge in [0.05, 0.1) is 6.42 Å². The van der Waals surface area contributed by atoms with Crippen LogP contribution < -0.4 is 10.6 Å². The summed E-state index contributed by atoms with van der Waals surface area (Å²) in [6.07, 6.45) is 0.430. The van der Waals surface area contributed by atoms with Crippen LogP contribution >= 0.6 is 23.7 Å². The number of thiophene rings is 1. The van der Waals surface area contributed by atoms with Gasteiger partial charge in [-0.25, -0.2) is 0 Å². The minimum Gasteiger partial charge on any atom is -0.325 e. The second kappa shape index (κ2) is 8.74. The number of amides is 1. The summed E-state index contributed by atoms with van der Waals surface area (Å²) < 4.78 is 0. The van der Waals surface area contributed by atoms with E-state index in [1.807, 2.05) is 41.1 Å². The van der Waals surface area contributed by atoms with Crippen molar-refractivity contribution in [3.8, 4) is 0 Å². The van der Waals surface area contributed by atoms with Crippen LogP contribution in [0.2, 0.25) is 0 Å². The van der Waals surface area contributed by atoms with Gasteiger partial charge in [-0.05, 0) is 40.6 Å². The quantitative estimate of drug-likeness (QED) is 0.858. The van der Waals surface area contributed by atoms with Crippen molar-refractivity contribution in [2.45, 2.75) is 19.9 Å². The van der Waals surface area contributed by atoms with Crippen LogP contribution in [0.3, 0.4) is 0 Å². The SMILES string of the molecule is CCNCc1ccccc1NC(=O)Cc1ccsc1.Cl. The number of rotatable bonds is 6. The van der Waals surface area contributed by atoms with E-state index in [-0.39, 0.29) is 18.3 Å². The average Bonchev–Trinajstić information content (AvgIpc) is 2.90. The van der Waals surface area contributed by atoms with Crippen molar-refractivity contribution in [3.05, 3.63) is 52.2 Å². The molecule has 0 fully saturated rings. The summed E-state index contributed by atoms with van der Waals surface area (Å²) in [5, 5.41) is 10.2. The highest BCUT2D eigenvalue weighted by atomic mass is 35.5. The van der Waals surface area contributed by atoms with E-state index in [1.54, 1.807) is 11.3 Å². The molecule has 2 aromatic rings. The Morgan fingerprint density at radius 2 is 2.05 bits per heavy atom. The molecule has 0 radical (unpaired) electrons. The number of carbonyl (C=O) groups excluding carboxylic acids is 1. The minimum absolute atomic E-state index is 0. The molecule has 1 aromatic heterocycles. The molecular formula is C15H19ClN2OS. The summed E-state index contributed by atoms with van der Waals surface area (Å²) >= 11 is 1.61. The highest BCUT2D eigenvalue weighted by molar-refractivity contribution is 7.08. The number of carbonyl (C=O) groups is 1. The molecule has 0 aliphatic rings. The fourth-order valence-electron chi connectivity index (χ4n) is 1.83. The minimum atomic E-state index is 0. The fourth-order valence-corrected chi connectivity index (χ4v) is 2.50. The monoisotopic (exact) mass is 310 g/mol. The standard InChI is InChI=1S/C15H18N2OS.ClH/c1-2-16-10-13-5-3-4-6-14(13)17-15(18)9-12-7-8-19-11-12;/h3-8,11,16H,2,9-10H2,1H3,(H,17,18);1H. The Labute approximate surface area is 129 Å². The van der Waals surface area contributed by atoms with E-state index in [2.05, 4.69) is 17.6 Å². The van der Waals surface area contributed by atoms with Crippen molar-refractivity contribution in [2.75, 3.05) is 11.9 Å². The van der Waals surface area contributed by atoms with Gasteiger partial charge in [0.15, 0.2) is 0 Å². The Morgan fingerprint density at radius 3 is 2.75 bits per heavy atom. The number of nitrogens with one attached hydrogen (secondary N) is 2. The molecule has 0 atom stereocenters. The second-order valence-electron chi connectivity index (χ2n) is 4.29. The summed E-state index contributed by atoms with van der Waals surface area (Å²) in [6, 6.07) is 9.88. The topological polar surface area (TPSA) is 41.1 Å². The predicted octanol–water partition coefficient (Wildman–Crippen LogP) is 3.46. The number of para-hydroxylation sites is 1. The molecule has 1 heterocycles. The Kier molecular flexibility index (Phi) is 7.30. The van der Waals surface area contributed by atoms with Crippen LogP contribution in [0, 0.1) is 0 Å². The molecule has 0 spiro atoms. The van der Waals surface area contributed by atoms with Gasteiger partial charge >= 0.3 is 0 Å². The molecule has 1 amide bonds. The zero-order valence-corrected chi connectivity index (χ0v) is 13.0. The lowest BCUT2D eigenvalue weighted by molar-refractivity contribution is -0.115. The average molecular weight is 311 g/mol. The van der Waals surface area contributed by atoms with E-state index in [4.69, 9.17) is 0 Å². The molecule has 0 aliphatic heterocycles. The Morgan fingerprint density at radius 1 is 1.25 bits per heavy atom. The molecular weight excluding hydrogens is 292 g/mol. The number of benzene rings is 1. The van der Waals surface area contributed by atoms with Gasteiger partial charge in [-0.15, -0.1) is 12.4 Å². The highest BCUT2D eigenvalue weighted by Gasteiger charge is 2.07. The Bertz CT molecular complexity index is 528. The lowest BCUT2D eigenvalue weighted by Crippen LogP contribution is -2.18. The van der Waals surface area contributed by atoms with Gasteiger partial charge in [0.1, 0.15) is 0 Å². The van der Waals surface area contributed by atoms with Gasteiger partial charge < -0.3 is 10.6 Å². The highest BCUT2D eigenvalue weighted by Crippen LogP contribution is 2.15. The lowest BCUT2D eigenvalue weighted by atomic mass is 10.1. The van der Waals surface area contributed by atoms with Gasteiger partial charge in [0, 0.05) is 12.2 Å². The van der Waals surface area contributed by atoms with Gasteiger partial charge in [0.2, 0.25) is 5.91 Å². The van der Waals surface area contributed by atoms with Gasteiger partial charge in [0.25, 0.3) is 0 Å². The summed E-state index contributed by atoms with van der Waals surface area (Å²) in [5.41, 5.74) is 3.07. The van der Waals surface area contributed by atoms with Gasteiger partial charge in [-0.3, -0.25) is 4.79 Å². The molecule has 108 valence electrons. The maximum atomic E-state index is 12.0. The molecule has 5 heteroatoms. The largest absolute Gasteiger partial charge is 0.325 e. The van der Waals surface area contributed by atoms with Crippen molar-refractivity contribution in [3.63, 3.8) is 0 Å². The zero-order valence-electron chi connectivity index (χ0n) is 11.4. The molecule has 2 rings (SSSR count). The third kappa shape index (κ3) is 4.96. The van der Waals surface area contributed by atoms with Gasteiger partial charge in [-0.2, -0.15) is 11.3 Å². The number of halogens is 1. The summed E-state index contributed by atoms with van der Waals surface area (Å²) in [5.74, 6) is 0.0300. The lowest BCUT2D eigenvalue weighted by Gasteiger charge is -2.11. The van der Waals surface area contributed by atoms with Crippen molar-refractivity contribution in [1.29, 1.82) is 0 Å². The first-order chi connectivity index (χ1) is 9.29. The van der Waals surface area contributed by atoms with Crippen LogP contribution in [0.5, 0.6) is 0 Å². The second-order valence-corrected chi connectivity index (χ2v) is 5.07. The molecule has 0 aliphatic carbocycles. The maximum absolute atomic E-state index is 12.0. The smallest absolute Gasteiger partial charge is 0.228 e. The fraction of sp³-hybridized carbons (Fsp3) is 0.267. The van der Waals surface area contributed by atoms with Crippen LogP contribution in [0.15, 0.2) is 41.1 Å². The van der Waals surface area contributed by atoms with E-state index >= 15 is 0 Å². The van der Waals surface area contributed by atoms with Crippen molar-refractivity contribution < 1.29 is 4.79 Å². The van der Waals surface area contributed by atoms with Gasteiger partial charge in [-0.1, -0.05) is 25.1 Å². The van der Waals surface area contributed by atoms with Crippen molar-refractivity contribution >= 4 is 35.3 Å². The first-order valence-electron chi connectivity index (χ1n) is 6.39. The van der Waals surface area contributed by atoms with E-state index in [0.29, 0.717) is 6.42 Å². The van der Waals surface area contributed by atoms with Crippen LogP contribution in [-0.2, 0) is 17.8 Å². The van der Waals surface area contributed by atoms with E-state index in [0.717, 1.165) is 29.9 Å². The third-order valence-corrected chi connectivity index (χ3v) is 3.53. The molecule has 1 aromatic carbocycles. The van der Waals surface area contributed by atoms with Crippen LogP contribution in [0.1, 0.15) is 18.1 Å². The predicted molar refractivity (Wildman–Crippen MR) is 87.7 cm³/mol. The summed E-state index contributed by atoms with van der Waals surface area (Å²) in [7, 11) is 0. The van der Waals surface area contributed by atoms with Crippen LogP contribution in [-0.4, -0.2) is 12.5 Å². The Hall–Kier alpha value is -1.36. The normalized spacial score (nSPS) is 9.85.